The predicted octanol–water partition coefficient (Wildman–Crippen LogP) is 1.81. The van der Waals surface area contributed by atoms with E-state index in [2.05, 4.69) is 6.58 Å². The molecular formula is C15H27NO4. The number of hydrogen-bond acceptors (Lipinski definition) is 4. The second-order valence-corrected chi connectivity index (χ2v) is 5.76. The number of carbonyl (C=O) groups is 2. The van der Waals surface area contributed by atoms with Crippen molar-refractivity contribution in [2.75, 3.05) is 14.2 Å². The van der Waals surface area contributed by atoms with E-state index in [1.54, 1.807) is 26.8 Å². The molecule has 0 aliphatic carbocycles. The molecule has 0 rings (SSSR count). The fourth-order valence-corrected chi connectivity index (χ4v) is 2.20. The average molecular weight is 285 g/mol. The van der Waals surface area contributed by atoms with Gasteiger partial charge >= 0.3 is 0 Å². The van der Waals surface area contributed by atoms with Gasteiger partial charge in [-0.3, -0.25) is 14.4 Å². The smallest absolute Gasteiger partial charge is 0.258 e. The van der Waals surface area contributed by atoms with Crippen LogP contribution in [-0.4, -0.2) is 42.1 Å². The molecule has 0 aliphatic rings. The normalized spacial score (nSPS) is 16.1. The van der Waals surface area contributed by atoms with E-state index >= 15 is 0 Å². The zero-order valence-electron chi connectivity index (χ0n) is 13.3. The molecular weight excluding hydrogens is 258 g/mol. The SMILES string of the molecule is C=CC[C@H](C)[C@H](O)[C@@H](C)C(=O)C(C)(C)C(=O)N(C)OC. The summed E-state index contributed by atoms with van der Waals surface area (Å²) in [6.07, 6.45) is 1.52. The van der Waals surface area contributed by atoms with E-state index in [1.165, 1.54) is 14.2 Å². The van der Waals surface area contributed by atoms with Crippen LogP contribution in [0.4, 0.5) is 0 Å². The first-order valence-corrected chi connectivity index (χ1v) is 6.76. The maximum absolute atomic E-state index is 12.5. The third-order valence-electron chi connectivity index (χ3n) is 3.76. The van der Waals surface area contributed by atoms with Crippen LogP contribution in [0.5, 0.6) is 0 Å². The van der Waals surface area contributed by atoms with Crippen LogP contribution in [0.3, 0.4) is 0 Å². The Morgan fingerprint density at radius 3 is 2.30 bits per heavy atom. The molecule has 0 saturated carbocycles. The summed E-state index contributed by atoms with van der Waals surface area (Å²) in [5, 5.41) is 11.2. The summed E-state index contributed by atoms with van der Waals surface area (Å²) in [6, 6.07) is 0. The van der Waals surface area contributed by atoms with Crippen LogP contribution in [0.25, 0.3) is 0 Å². The Labute approximate surface area is 121 Å². The summed E-state index contributed by atoms with van der Waals surface area (Å²) >= 11 is 0. The summed E-state index contributed by atoms with van der Waals surface area (Å²) in [5.74, 6) is -1.44. The lowest BCUT2D eigenvalue weighted by Crippen LogP contribution is -2.47. The molecule has 116 valence electrons. The second-order valence-electron chi connectivity index (χ2n) is 5.76. The lowest BCUT2D eigenvalue weighted by Gasteiger charge is -2.32. The molecule has 5 nitrogen and oxygen atoms in total. The van der Waals surface area contributed by atoms with Gasteiger partial charge in [0.15, 0.2) is 5.78 Å². The highest BCUT2D eigenvalue weighted by molar-refractivity contribution is 6.05. The molecule has 0 aromatic rings. The molecule has 0 spiro atoms. The number of aliphatic hydroxyl groups excluding tert-OH is 1. The first kappa shape index (κ1) is 18.8. The van der Waals surface area contributed by atoms with E-state index in [-0.39, 0.29) is 11.7 Å². The van der Waals surface area contributed by atoms with Crippen molar-refractivity contribution < 1.29 is 19.5 Å². The Balaban J connectivity index is 5.03. The van der Waals surface area contributed by atoms with E-state index in [0.29, 0.717) is 6.42 Å². The number of aliphatic hydroxyl groups is 1. The highest BCUT2D eigenvalue weighted by atomic mass is 16.7. The fourth-order valence-electron chi connectivity index (χ4n) is 2.20. The van der Waals surface area contributed by atoms with Gasteiger partial charge in [0.05, 0.1) is 13.2 Å². The summed E-state index contributed by atoms with van der Waals surface area (Å²) in [7, 11) is 2.82. The fraction of sp³-hybridized carbons (Fsp3) is 0.733. The predicted molar refractivity (Wildman–Crippen MR) is 77.7 cm³/mol. The van der Waals surface area contributed by atoms with Crippen molar-refractivity contribution in [2.45, 2.75) is 40.2 Å². The number of ketones is 1. The van der Waals surface area contributed by atoms with Gasteiger partial charge in [0.1, 0.15) is 5.41 Å². The zero-order chi connectivity index (χ0) is 16.1. The Morgan fingerprint density at radius 2 is 1.90 bits per heavy atom. The van der Waals surface area contributed by atoms with Crippen LogP contribution in [0.15, 0.2) is 12.7 Å². The van der Waals surface area contributed by atoms with Crippen molar-refractivity contribution in [1.29, 1.82) is 0 Å². The monoisotopic (exact) mass is 285 g/mol. The first-order valence-electron chi connectivity index (χ1n) is 6.76. The number of allylic oxidation sites excluding steroid dienone is 1. The van der Waals surface area contributed by atoms with E-state index in [0.717, 1.165) is 5.06 Å². The molecule has 20 heavy (non-hydrogen) atoms. The van der Waals surface area contributed by atoms with Crippen LogP contribution in [-0.2, 0) is 14.4 Å². The van der Waals surface area contributed by atoms with Crippen molar-refractivity contribution in [3.05, 3.63) is 12.7 Å². The molecule has 0 bridgehead atoms. The van der Waals surface area contributed by atoms with Gasteiger partial charge in [-0.25, -0.2) is 5.06 Å². The molecule has 0 aromatic heterocycles. The largest absolute Gasteiger partial charge is 0.392 e. The number of hydrogen-bond donors (Lipinski definition) is 1. The van der Waals surface area contributed by atoms with Crippen molar-refractivity contribution in [3.63, 3.8) is 0 Å². The quantitative estimate of drug-likeness (QED) is 0.419. The van der Waals surface area contributed by atoms with Gasteiger partial charge in [0.25, 0.3) is 5.91 Å². The average Bonchev–Trinajstić information content (AvgIpc) is 2.43. The van der Waals surface area contributed by atoms with Crippen molar-refractivity contribution in [2.24, 2.45) is 17.3 Å². The molecule has 1 N–H and O–H groups in total. The van der Waals surface area contributed by atoms with Crippen molar-refractivity contribution in [3.8, 4) is 0 Å². The van der Waals surface area contributed by atoms with Gasteiger partial charge in [-0.15, -0.1) is 6.58 Å². The number of Topliss-reactive ketones (excluding diaryl/α,β-unsaturated/α-hetero) is 1. The van der Waals surface area contributed by atoms with Crippen LogP contribution in [0.1, 0.15) is 34.1 Å². The molecule has 0 fully saturated rings. The highest BCUT2D eigenvalue weighted by Crippen LogP contribution is 2.28. The lowest BCUT2D eigenvalue weighted by atomic mass is 9.76. The third-order valence-corrected chi connectivity index (χ3v) is 3.76. The summed E-state index contributed by atoms with van der Waals surface area (Å²) < 4.78 is 0. The van der Waals surface area contributed by atoms with Crippen LogP contribution >= 0.6 is 0 Å². The number of nitrogens with zero attached hydrogens (tertiary/aromatic N) is 1. The summed E-state index contributed by atoms with van der Waals surface area (Å²) in [6.45, 7) is 10.2. The second kappa shape index (κ2) is 7.55. The van der Waals surface area contributed by atoms with Gasteiger partial charge in [-0.05, 0) is 26.2 Å². The molecule has 0 aliphatic heterocycles. The first-order chi connectivity index (χ1) is 9.11. The standard InChI is InChI=1S/C15H27NO4/c1-8-9-10(2)12(17)11(3)13(18)15(4,5)14(19)16(6)20-7/h8,10-12,17H,1,9H2,2-7H3/t10-,11+,12-/m0/s1. The van der Waals surface area contributed by atoms with Gasteiger partial charge < -0.3 is 5.11 Å². The molecule has 5 heteroatoms. The highest BCUT2D eigenvalue weighted by Gasteiger charge is 2.43. The summed E-state index contributed by atoms with van der Waals surface area (Å²) in [4.78, 5) is 29.5. The number of carbonyl (C=O) groups excluding carboxylic acids is 2. The van der Waals surface area contributed by atoms with Gasteiger partial charge in [0, 0.05) is 13.0 Å². The zero-order valence-corrected chi connectivity index (χ0v) is 13.3. The molecule has 0 aromatic carbocycles. The minimum atomic E-state index is -1.24. The van der Waals surface area contributed by atoms with Crippen molar-refractivity contribution in [1.82, 2.24) is 5.06 Å². The van der Waals surface area contributed by atoms with E-state index < -0.39 is 23.3 Å². The van der Waals surface area contributed by atoms with Gasteiger partial charge in [-0.2, -0.15) is 0 Å². The van der Waals surface area contributed by atoms with E-state index in [4.69, 9.17) is 4.84 Å². The number of amides is 1. The summed E-state index contributed by atoms with van der Waals surface area (Å²) in [5.41, 5.74) is -1.24. The minimum absolute atomic E-state index is 0.0856. The maximum Gasteiger partial charge on any atom is 0.258 e. The molecule has 0 unspecified atom stereocenters. The van der Waals surface area contributed by atoms with Crippen molar-refractivity contribution >= 4 is 11.7 Å². The molecule has 3 atom stereocenters. The molecule has 0 radical (unpaired) electrons. The molecule has 1 amide bonds. The maximum atomic E-state index is 12.5. The number of hydroxylamine groups is 2. The van der Waals surface area contributed by atoms with Crippen LogP contribution in [0.2, 0.25) is 0 Å². The Morgan fingerprint density at radius 1 is 1.40 bits per heavy atom. The Kier molecular flexibility index (Phi) is 7.09. The van der Waals surface area contributed by atoms with E-state index in [1.807, 2.05) is 6.92 Å². The van der Waals surface area contributed by atoms with Crippen LogP contribution < -0.4 is 0 Å². The third kappa shape index (κ3) is 4.15. The van der Waals surface area contributed by atoms with Gasteiger partial charge in [-0.1, -0.05) is 19.9 Å². The Hall–Kier alpha value is -1.20. The minimum Gasteiger partial charge on any atom is -0.392 e. The van der Waals surface area contributed by atoms with Gasteiger partial charge in [0.2, 0.25) is 0 Å². The topological polar surface area (TPSA) is 66.8 Å². The van der Waals surface area contributed by atoms with Crippen LogP contribution in [0, 0.1) is 17.3 Å². The lowest BCUT2D eigenvalue weighted by molar-refractivity contribution is -0.181. The molecule has 0 saturated heterocycles. The Bertz CT molecular complexity index is 365. The number of rotatable bonds is 8. The molecule has 0 heterocycles. The van der Waals surface area contributed by atoms with E-state index in [9.17, 15) is 14.7 Å².